The second-order valence-corrected chi connectivity index (χ2v) is 30.3. The Kier molecular flexibility index (Phi) is 39.9. The van der Waals surface area contributed by atoms with Gasteiger partial charge in [-0.15, -0.1) is 0 Å². The fourth-order valence-corrected chi connectivity index (χ4v) is 13.3. The van der Waals surface area contributed by atoms with E-state index in [1.807, 2.05) is 0 Å². The van der Waals surface area contributed by atoms with Crippen LogP contribution in [0.1, 0.15) is 115 Å². The number of aromatic nitrogens is 2. The first-order valence-corrected chi connectivity index (χ1v) is 39.8. The summed E-state index contributed by atoms with van der Waals surface area (Å²) in [4.78, 5) is 218. The fourth-order valence-electron chi connectivity index (χ4n) is 13.3. The van der Waals surface area contributed by atoms with Crippen molar-refractivity contribution in [3.63, 3.8) is 0 Å². The minimum Gasteiger partial charge on any atom is -0.508 e. The normalized spacial score (nSPS) is 18.1. The number of esters is 2. The lowest BCUT2D eigenvalue weighted by molar-refractivity contribution is -0.144. The number of methoxy groups -OCH3 is 2. The Hall–Kier alpha value is -13.7. The van der Waals surface area contributed by atoms with E-state index in [0.717, 1.165) is 14.2 Å². The van der Waals surface area contributed by atoms with Gasteiger partial charge in [-0.25, -0.2) is 4.98 Å². The van der Waals surface area contributed by atoms with Crippen LogP contribution in [0, 0.1) is 57.1 Å². The summed E-state index contributed by atoms with van der Waals surface area (Å²) in [6.07, 6.45) is 1.20. The SMILES string of the molecule is CC[C@H](C)[C@H](NC(=O)[C@H](Cc1ccc(O)cc1)NC(=O)[C@H](Cc1c[nH]cn1)NC(=O)[C@@H](N)CCCNC(=N)N)C(=O)N[C@@H](CC(N)=O)C(=O)N[C@@H](CC(C)C)C(=O)N[C@@H](CCCNC(=N)N)C(=O)N[C@H]1[C@@H](C(=O)N[C@@H](CCCNC(=N)N)C(=O)N[C@H]2[C@@H](C(=O)N[C@@H](CCCNC(=N)N)C(=O)N[C@@H](Cc3ccc(O)cc3)C(N)=O)[C@@H]2C(=O)OC)[C@@H]1C(=O)OC. The summed E-state index contributed by atoms with van der Waals surface area (Å²) in [6, 6.07) is -6.54. The number of H-pyrrole nitrogens is 1. The van der Waals surface area contributed by atoms with Gasteiger partial charge < -0.3 is 145 Å². The topological polar surface area (TPSA) is 802 Å². The molecule has 0 spiro atoms. The van der Waals surface area contributed by atoms with Crippen molar-refractivity contribution in [3.8, 4) is 11.5 Å². The first-order valence-electron chi connectivity index (χ1n) is 39.8. The van der Waals surface area contributed by atoms with Crippen molar-refractivity contribution in [3.05, 3.63) is 77.9 Å². The van der Waals surface area contributed by atoms with Gasteiger partial charge in [-0.1, -0.05) is 58.4 Å². The predicted molar refractivity (Wildman–Crippen MR) is 442 cm³/mol. The van der Waals surface area contributed by atoms with E-state index in [9.17, 15) is 82.1 Å². The summed E-state index contributed by atoms with van der Waals surface area (Å²) >= 11 is 0. The average Bonchev–Trinajstić information content (AvgIpc) is 1.59. The maximum atomic E-state index is 14.8. The monoisotopic (exact) mass is 1730 g/mol. The molecule has 0 unspecified atom stereocenters. The highest BCUT2D eigenvalue weighted by Crippen LogP contribution is 2.42. The molecule has 2 aromatic carbocycles. The summed E-state index contributed by atoms with van der Waals surface area (Å²) in [5.41, 5.74) is 40.7. The average molecular weight is 1730 g/mol. The first-order chi connectivity index (χ1) is 58.2. The van der Waals surface area contributed by atoms with Crippen LogP contribution in [0.2, 0.25) is 0 Å². The number of benzene rings is 2. The van der Waals surface area contributed by atoms with Crippen molar-refractivity contribution in [2.45, 2.75) is 190 Å². The smallest absolute Gasteiger partial charge is 0.311 e. The molecular weight excluding hydrogens is 1610 g/mol. The number of guanidine groups is 4. The minimum absolute atomic E-state index is 0.00301. The number of carbonyl (C=O) groups excluding carboxylic acids is 15. The number of imidazole rings is 1. The molecule has 2 saturated carbocycles. The number of aromatic amines is 1. The van der Waals surface area contributed by atoms with Crippen LogP contribution in [-0.4, -0.2) is 246 Å². The molecule has 1 heterocycles. The Morgan fingerprint density at radius 2 is 0.813 bits per heavy atom. The van der Waals surface area contributed by atoms with Gasteiger partial charge in [-0.3, -0.25) is 93.6 Å². The van der Waals surface area contributed by atoms with E-state index in [2.05, 4.69) is 89.7 Å². The first kappa shape index (κ1) is 99.9. The molecule has 47 nitrogen and oxygen atoms in total. The number of nitrogens with zero attached hydrogens (tertiary/aromatic N) is 1. The molecule has 676 valence electrons. The van der Waals surface area contributed by atoms with Crippen LogP contribution in [0.15, 0.2) is 61.1 Å². The van der Waals surface area contributed by atoms with Crippen LogP contribution in [0.5, 0.6) is 11.5 Å². The van der Waals surface area contributed by atoms with Gasteiger partial charge >= 0.3 is 11.9 Å². The van der Waals surface area contributed by atoms with Crippen LogP contribution in [0.3, 0.4) is 0 Å². The number of hydrogen-bond acceptors (Lipinski definition) is 25. The number of rotatable bonds is 53. The van der Waals surface area contributed by atoms with Crippen molar-refractivity contribution in [2.24, 2.45) is 75.6 Å². The van der Waals surface area contributed by atoms with Gasteiger partial charge in [0.05, 0.1) is 74.5 Å². The van der Waals surface area contributed by atoms with E-state index in [4.69, 9.17) is 71.2 Å². The molecule has 3 aromatic rings. The summed E-state index contributed by atoms with van der Waals surface area (Å²) in [6.45, 7) is 6.78. The number of nitrogens with one attached hydrogen (secondary N) is 20. The molecule has 2 fully saturated rings. The Labute approximate surface area is 708 Å². The van der Waals surface area contributed by atoms with E-state index in [1.54, 1.807) is 27.7 Å². The number of carbonyl (C=O) groups is 15. The molecular formula is C76H118N28O19. The van der Waals surface area contributed by atoms with Gasteiger partial charge in [0.25, 0.3) is 0 Å². The molecule has 123 heavy (non-hydrogen) atoms. The van der Waals surface area contributed by atoms with Crippen molar-refractivity contribution in [2.75, 3.05) is 40.4 Å². The van der Waals surface area contributed by atoms with Crippen LogP contribution in [0.25, 0.3) is 0 Å². The number of amides is 13. The maximum Gasteiger partial charge on any atom is 0.311 e. The Morgan fingerprint density at radius 3 is 1.23 bits per heavy atom. The Morgan fingerprint density at radius 1 is 0.447 bits per heavy atom. The number of ether oxygens (including phenoxy) is 2. The molecule has 0 saturated heterocycles. The number of phenolic OH excluding ortho intramolecular Hbond substituents is 2. The van der Waals surface area contributed by atoms with Gasteiger partial charge in [0.15, 0.2) is 23.8 Å². The highest BCUT2D eigenvalue weighted by molar-refractivity contribution is 6.02. The second-order valence-electron chi connectivity index (χ2n) is 30.3. The third kappa shape index (κ3) is 33.5. The third-order valence-corrected chi connectivity index (χ3v) is 20.2. The van der Waals surface area contributed by atoms with E-state index < -0.39 is 221 Å². The van der Waals surface area contributed by atoms with Gasteiger partial charge in [0.2, 0.25) is 76.8 Å². The van der Waals surface area contributed by atoms with Gasteiger partial charge in [0.1, 0.15) is 65.9 Å². The number of hydrogen-bond donors (Lipinski definition) is 29. The molecule has 2 aliphatic rings. The summed E-state index contributed by atoms with van der Waals surface area (Å²) in [5, 5.41) is 89.0. The molecule has 0 aliphatic heterocycles. The van der Waals surface area contributed by atoms with E-state index in [-0.39, 0.29) is 121 Å². The molecule has 1 aromatic heterocycles. The summed E-state index contributed by atoms with van der Waals surface area (Å²) < 4.78 is 10.0. The van der Waals surface area contributed by atoms with Gasteiger partial charge in [-0.05, 0) is 105 Å². The summed E-state index contributed by atoms with van der Waals surface area (Å²) in [7, 11) is 2.01. The van der Waals surface area contributed by atoms with Crippen LogP contribution >= 0.6 is 0 Å². The van der Waals surface area contributed by atoms with Gasteiger partial charge in [0, 0.05) is 51.6 Å². The van der Waals surface area contributed by atoms with Gasteiger partial charge in [-0.2, -0.15) is 0 Å². The van der Waals surface area contributed by atoms with E-state index in [0.29, 0.717) is 23.2 Å². The quantitative estimate of drug-likeness (QED) is 0.0108. The van der Waals surface area contributed by atoms with Crippen LogP contribution in [-0.2, 0) is 101 Å². The Balaban J connectivity index is 1.38. The zero-order chi connectivity index (χ0) is 91.5. The highest BCUT2D eigenvalue weighted by atomic mass is 16.5. The van der Waals surface area contributed by atoms with E-state index in [1.165, 1.54) is 61.1 Å². The molecule has 5 rings (SSSR count). The molecule has 0 bridgehead atoms. The highest BCUT2D eigenvalue weighted by Gasteiger charge is 2.63. The Bertz CT molecular complexity index is 4210. The number of nitrogens with two attached hydrogens (primary N) is 7. The van der Waals surface area contributed by atoms with Crippen molar-refractivity contribution >= 4 is 113 Å². The molecule has 17 atom stereocenters. The zero-order valence-corrected chi connectivity index (χ0v) is 69.2. The van der Waals surface area contributed by atoms with Crippen molar-refractivity contribution in [1.82, 2.24) is 89.7 Å². The lowest BCUT2D eigenvalue weighted by Gasteiger charge is -2.30. The maximum absolute atomic E-state index is 14.8. The van der Waals surface area contributed by atoms with Crippen LogP contribution < -0.4 is 120 Å². The van der Waals surface area contributed by atoms with Crippen molar-refractivity contribution < 1.29 is 91.6 Å². The molecule has 36 N–H and O–H groups in total. The number of aromatic hydroxyl groups is 2. The fraction of sp³-hybridized carbons (Fsp3) is 0.553. The molecule has 13 amide bonds. The zero-order valence-electron chi connectivity index (χ0n) is 69.2. The second kappa shape index (κ2) is 49.2. The number of primary amides is 2. The third-order valence-electron chi connectivity index (χ3n) is 20.2. The molecule has 2 aliphatic carbocycles. The largest absolute Gasteiger partial charge is 0.508 e. The molecule has 47 heteroatoms. The summed E-state index contributed by atoms with van der Waals surface area (Å²) in [5.74, 6) is -23.6. The molecule has 0 radical (unpaired) electrons. The lowest BCUT2D eigenvalue weighted by atomic mass is 9.96. The predicted octanol–water partition coefficient (Wildman–Crippen LogP) is -8.15. The standard InChI is InChI=1S/C76H118N28O19/c1-7-36(4)56(102-67(116)48(30-38-18-22-41(106)23-19-38)100-65(114)49(31-39-33-88-34-93-39)98-60(109)42(77)12-8-24-89-73(80)81)70(119)101-50(32-51(78)107)66(115)99-47(28-35(2)3)64(113)94-44(14-10-26-91-75(84)85)62(111)103-57-53(55(57)72(121)123-6)69(118)96-45(15-11-27-92-76(86)87)63(112)104-58-52(54(58)71(120)122-5)68(117)95-43(13-9-25-90-74(82)83)61(110)97-46(59(79)108)29-37-16-20-40(105)21-17-37/h16-23,33-36,42-50,52-58,105-106H,7-15,24-32,77H2,1-6H3,(H2,78,107)(H2,79,108)(H,88,93)(H,94,113)(H,95,117)(H,96,118)(H,97,110)(H,98,109)(H,99,115)(H,100,114)(H,101,119)(H,102,116)(H,103,111)(H,104,112)(H4,80,81,89)(H4,82,83,90)(H4,84,85,91)(H4,86,87,92)/t36-,42-,43-,44-,45-,46-,47-,48-,49-,50-,52-,53-,54-,55-,56-,57-,58-/m0/s1. The number of phenols is 2. The lowest BCUT2D eigenvalue weighted by Crippen LogP contribution is -2.61. The minimum atomic E-state index is -1.87. The van der Waals surface area contributed by atoms with Crippen molar-refractivity contribution in [1.29, 1.82) is 21.6 Å². The van der Waals surface area contributed by atoms with E-state index >= 15 is 0 Å². The van der Waals surface area contributed by atoms with Crippen LogP contribution in [0.4, 0.5) is 0 Å².